The van der Waals surface area contributed by atoms with Gasteiger partial charge in [0.25, 0.3) is 0 Å². The van der Waals surface area contributed by atoms with Crippen molar-refractivity contribution in [1.82, 2.24) is 0 Å². The maximum absolute atomic E-state index is 11.5. The fraction of sp³-hybridized carbons (Fsp3) is 0.357. The fourth-order valence-corrected chi connectivity index (χ4v) is 1.95. The lowest BCUT2D eigenvalue weighted by atomic mass is 10.1. The lowest BCUT2D eigenvalue weighted by Crippen LogP contribution is -2.34. The Labute approximate surface area is 106 Å². The molecule has 0 bridgehead atoms. The molecule has 0 aliphatic rings. The van der Waals surface area contributed by atoms with Crippen LogP contribution in [0.15, 0.2) is 28.7 Å². The lowest BCUT2D eigenvalue weighted by molar-refractivity contribution is -0.144. The minimum Gasteiger partial charge on any atom is -0.465 e. The molecule has 0 saturated carbocycles. The molecule has 0 saturated heterocycles. The van der Waals surface area contributed by atoms with Crippen LogP contribution in [-0.2, 0) is 16.0 Å². The van der Waals surface area contributed by atoms with E-state index in [2.05, 4.69) is 0 Å². The summed E-state index contributed by atoms with van der Waals surface area (Å²) >= 11 is 0. The number of hydrogen-bond acceptors (Lipinski definition) is 4. The summed E-state index contributed by atoms with van der Waals surface area (Å²) in [7, 11) is 0. The van der Waals surface area contributed by atoms with Crippen LogP contribution in [-0.4, -0.2) is 18.6 Å². The Hall–Kier alpha value is -1.81. The molecular formula is C14H17NO3. The smallest absolute Gasteiger partial charge is 0.323 e. The van der Waals surface area contributed by atoms with Crippen LogP contribution in [0.25, 0.3) is 11.0 Å². The quantitative estimate of drug-likeness (QED) is 0.841. The monoisotopic (exact) mass is 247 g/mol. The summed E-state index contributed by atoms with van der Waals surface area (Å²) in [6.45, 7) is 4.07. The number of fused-ring (bicyclic) bond motifs is 1. The van der Waals surface area contributed by atoms with Gasteiger partial charge in [-0.25, -0.2) is 0 Å². The first-order valence-electron chi connectivity index (χ1n) is 6.02. The number of esters is 1. The first kappa shape index (κ1) is 12.6. The Morgan fingerprint density at radius 3 is 2.83 bits per heavy atom. The number of para-hydroxylation sites is 1. The largest absolute Gasteiger partial charge is 0.465 e. The standard InChI is InChI=1S/C14H17NO3/c1-3-17-14(16)11(15)8-13-9(2)10-6-4-5-7-12(10)18-13/h4-7,11H,3,8,15H2,1-2H3. The molecule has 0 radical (unpaired) electrons. The number of ether oxygens (including phenoxy) is 1. The van der Waals surface area contributed by atoms with Gasteiger partial charge < -0.3 is 14.9 Å². The van der Waals surface area contributed by atoms with E-state index < -0.39 is 12.0 Å². The number of benzene rings is 1. The van der Waals surface area contributed by atoms with Crippen LogP contribution < -0.4 is 5.73 Å². The highest BCUT2D eigenvalue weighted by Gasteiger charge is 2.19. The summed E-state index contributed by atoms with van der Waals surface area (Å²) in [6, 6.07) is 7.10. The highest BCUT2D eigenvalue weighted by Crippen LogP contribution is 2.25. The van der Waals surface area contributed by atoms with Crippen LogP contribution in [0, 0.1) is 6.92 Å². The van der Waals surface area contributed by atoms with Gasteiger partial charge in [0.2, 0.25) is 0 Å². The Morgan fingerprint density at radius 2 is 2.17 bits per heavy atom. The molecule has 0 aliphatic heterocycles. The molecule has 1 unspecified atom stereocenters. The molecule has 1 aromatic carbocycles. The van der Waals surface area contributed by atoms with Crippen molar-refractivity contribution in [3.8, 4) is 0 Å². The number of carbonyl (C=O) groups is 1. The van der Waals surface area contributed by atoms with Crippen molar-refractivity contribution in [2.75, 3.05) is 6.61 Å². The second-order valence-corrected chi connectivity index (χ2v) is 4.21. The van der Waals surface area contributed by atoms with Gasteiger partial charge in [-0.15, -0.1) is 0 Å². The topological polar surface area (TPSA) is 65.5 Å². The lowest BCUT2D eigenvalue weighted by Gasteiger charge is -2.09. The van der Waals surface area contributed by atoms with E-state index >= 15 is 0 Å². The third kappa shape index (κ3) is 2.38. The van der Waals surface area contributed by atoms with E-state index in [1.165, 1.54) is 0 Å². The van der Waals surface area contributed by atoms with E-state index in [1.54, 1.807) is 6.92 Å². The summed E-state index contributed by atoms with van der Waals surface area (Å²) in [5.41, 5.74) is 7.64. The van der Waals surface area contributed by atoms with E-state index in [-0.39, 0.29) is 0 Å². The zero-order valence-corrected chi connectivity index (χ0v) is 10.6. The highest BCUT2D eigenvalue weighted by molar-refractivity contribution is 5.82. The van der Waals surface area contributed by atoms with Gasteiger partial charge in [0, 0.05) is 11.8 Å². The molecule has 4 heteroatoms. The molecule has 18 heavy (non-hydrogen) atoms. The van der Waals surface area contributed by atoms with Gasteiger partial charge >= 0.3 is 5.97 Å². The number of nitrogens with two attached hydrogens (primary N) is 1. The van der Waals surface area contributed by atoms with Gasteiger partial charge in [-0.3, -0.25) is 4.79 Å². The Kier molecular flexibility index (Phi) is 3.67. The molecule has 1 atom stereocenters. The highest BCUT2D eigenvalue weighted by atomic mass is 16.5. The van der Waals surface area contributed by atoms with Gasteiger partial charge in [0.1, 0.15) is 17.4 Å². The second-order valence-electron chi connectivity index (χ2n) is 4.21. The number of aryl methyl sites for hydroxylation is 1. The van der Waals surface area contributed by atoms with Crippen LogP contribution in [0.4, 0.5) is 0 Å². The number of furan rings is 1. The first-order valence-corrected chi connectivity index (χ1v) is 6.02. The predicted molar refractivity (Wildman–Crippen MR) is 69.3 cm³/mol. The number of rotatable bonds is 4. The Balaban J connectivity index is 2.21. The van der Waals surface area contributed by atoms with Crippen molar-refractivity contribution in [2.24, 2.45) is 5.73 Å². The second kappa shape index (κ2) is 5.23. The molecule has 1 heterocycles. The zero-order valence-electron chi connectivity index (χ0n) is 10.6. The molecule has 2 aromatic rings. The number of hydrogen-bond donors (Lipinski definition) is 1. The van der Waals surface area contributed by atoms with E-state index in [1.807, 2.05) is 31.2 Å². The van der Waals surface area contributed by atoms with Crippen molar-refractivity contribution in [1.29, 1.82) is 0 Å². The molecule has 1 aromatic heterocycles. The Bertz CT molecular complexity index is 559. The maximum atomic E-state index is 11.5. The minimum absolute atomic E-state index is 0.339. The van der Waals surface area contributed by atoms with Crippen LogP contribution in [0.1, 0.15) is 18.2 Å². The fourth-order valence-electron chi connectivity index (χ4n) is 1.95. The van der Waals surface area contributed by atoms with Gasteiger partial charge in [-0.2, -0.15) is 0 Å². The SMILES string of the molecule is CCOC(=O)C(N)Cc1oc2ccccc2c1C. The summed E-state index contributed by atoms with van der Waals surface area (Å²) in [5.74, 6) is 0.356. The third-order valence-electron chi connectivity index (χ3n) is 2.94. The van der Waals surface area contributed by atoms with E-state index in [9.17, 15) is 4.79 Å². The van der Waals surface area contributed by atoms with Gasteiger partial charge in [-0.1, -0.05) is 18.2 Å². The molecule has 0 fully saturated rings. The molecule has 4 nitrogen and oxygen atoms in total. The van der Waals surface area contributed by atoms with Gasteiger partial charge in [0.15, 0.2) is 0 Å². The molecule has 2 rings (SSSR count). The first-order chi connectivity index (χ1) is 8.63. The average Bonchev–Trinajstić information content (AvgIpc) is 2.67. The molecular weight excluding hydrogens is 230 g/mol. The molecule has 0 aliphatic carbocycles. The maximum Gasteiger partial charge on any atom is 0.323 e. The molecule has 96 valence electrons. The average molecular weight is 247 g/mol. The molecule has 0 spiro atoms. The summed E-state index contributed by atoms with van der Waals surface area (Å²) in [4.78, 5) is 11.5. The third-order valence-corrected chi connectivity index (χ3v) is 2.94. The van der Waals surface area contributed by atoms with Crippen LogP contribution in [0.2, 0.25) is 0 Å². The minimum atomic E-state index is -0.677. The van der Waals surface area contributed by atoms with E-state index in [0.29, 0.717) is 13.0 Å². The van der Waals surface area contributed by atoms with E-state index in [0.717, 1.165) is 22.3 Å². The van der Waals surface area contributed by atoms with Crippen molar-refractivity contribution in [3.63, 3.8) is 0 Å². The van der Waals surface area contributed by atoms with Crippen molar-refractivity contribution >= 4 is 16.9 Å². The molecule has 0 amide bonds. The van der Waals surface area contributed by atoms with Gasteiger partial charge in [-0.05, 0) is 25.5 Å². The predicted octanol–water partition coefficient (Wildman–Crippen LogP) is 2.17. The summed E-state index contributed by atoms with van der Waals surface area (Å²) < 4.78 is 10.6. The molecule has 2 N–H and O–H groups in total. The normalized spacial score (nSPS) is 12.6. The number of carbonyl (C=O) groups excluding carboxylic acids is 1. The Morgan fingerprint density at radius 1 is 1.44 bits per heavy atom. The van der Waals surface area contributed by atoms with Crippen molar-refractivity contribution in [3.05, 3.63) is 35.6 Å². The van der Waals surface area contributed by atoms with Crippen LogP contribution >= 0.6 is 0 Å². The van der Waals surface area contributed by atoms with Crippen molar-refractivity contribution in [2.45, 2.75) is 26.3 Å². The zero-order chi connectivity index (χ0) is 13.1. The van der Waals surface area contributed by atoms with Crippen LogP contribution in [0.3, 0.4) is 0 Å². The summed E-state index contributed by atoms with van der Waals surface area (Å²) in [6.07, 6.45) is 0.360. The van der Waals surface area contributed by atoms with E-state index in [4.69, 9.17) is 14.9 Å². The van der Waals surface area contributed by atoms with Crippen molar-refractivity contribution < 1.29 is 13.9 Å². The summed E-state index contributed by atoms with van der Waals surface area (Å²) in [5, 5.41) is 1.06. The van der Waals surface area contributed by atoms with Gasteiger partial charge in [0.05, 0.1) is 6.61 Å². The van der Waals surface area contributed by atoms with Crippen LogP contribution in [0.5, 0.6) is 0 Å².